The molecule has 0 bridgehead atoms. The lowest BCUT2D eigenvalue weighted by atomic mass is 9.90. The number of nitrogens with one attached hydrogen (secondary N) is 2. The van der Waals surface area contributed by atoms with Gasteiger partial charge in [0.15, 0.2) is 5.84 Å². The van der Waals surface area contributed by atoms with E-state index < -0.39 is 5.41 Å². The SMILES string of the molecule is C#Cc1ccc(N/N=C(/Nc2ccc(C#C)cc2)C(=O)C(C)(C)C)cc1. The molecule has 2 N–H and O–H groups in total. The van der Waals surface area contributed by atoms with E-state index in [4.69, 9.17) is 12.8 Å². The summed E-state index contributed by atoms with van der Waals surface area (Å²) in [4.78, 5) is 12.7. The van der Waals surface area contributed by atoms with E-state index in [9.17, 15) is 4.79 Å². The van der Waals surface area contributed by atoms with Crippen LogP contribution in [0.5, 0.6) is 0 Å². The Balaban J connectivity index is 2.25. The van der Waals surface area contributed by atoms with Crippen molar-refractivity contribution >= 4 is 23.0 Å². The lowest BCUT2D eigenvalue weighted by Crippen LogP contribution is -2.34. The molecule has 2 aromatic carbocycles. The van der Waals surface area contributed by atoms with E-state index in [0.717, 1.165) is 22.5 Å². The summed E-state index contributed by atoms with van der Waals surface area (Å²) >= 11 is 0. The molecule has 0 saturated carbocycles. The van der Waals surface area contributed by atoms with E-state index in [1.54, 1.807) is 36.4 Å². The molecule has 130 valence electrons. The number of amidine groups is 1. The van der Waals surface area contributed by atoms with Crippen molar-refractivity contribution in [2.24, 2.45) is 10.5 Å². The summed E-state index contributed by atoms with van der Waals surface area (Å²) in [6.45, 7) is 5.53. The number of carbonyl (C=O) groups excluding carboxylic acids is 1. The molecule has 26 heavy (non-hydrogen) atoms. The van der Waals surface area contributed by atoms with Crippen molar-refractivity contribution in [2.75, 3.05) is 10.7 Å². The van der Waals surface area contributed by atoms with Crippen molar-refractivity contribution < 1.29 is 4.79 Å². The Morgan fingerprint density at radius 3 is 1.77 bits per heavy atom. The first-order valence-electron chi connectivity index (χ1n) is 8.12. The number of benzene rings is 2. The molecule has 0 atom stereocenters. The van der Waals surface area contributed by atoms with Crippen LogP contribution >= 0.6 is 0 Å². The van der Waals surface area contributed by atoms with Gasteiger partial charge in [0.05, 0.1) is 5.69 Å². The lowest BCUT2D eigenvalue weighted by molar-refractivity contribution is -0.119. The average Bonchev–Trinajstić information content (AvgIpc) is 2.64. The highest BCUT2D eigenvalue weighted by atomic mass is 16.1. The monoisotopic (exact) mass is 343 g/mol. The Bertz CT molecular complexity index is 887. The Morgan fingerprint density at radius 1 is 0.885 bits per heavy atom. The highest BCUT2D eigenvalue weighted by Gasteiger charge is 2.27. The minimum Gasteiger partial charge on any atom is -0.336 e. The Morgan fingerprint density at radius 2 is 1.35 bits per heavy atom. The molecule has 0 aliphatic heterocycles. The minimum atomic E-state index is -0.584. The number of ketones is 1. The van der Waals surface area contributed by atoms with Crippen LogP contribution in [-0.4, -0.2) is 11.6 Å². The second-order valence-electron chi connectivity index (χ2n) is 6.72. The molecular formula is C22H21N3O. The van der Waals surface area contributed by atoms with Crippen molar-refractivity contribution in [3.8, 4) is 24.7 Å². The van der Waals surface area contributed by atoms with Gasteiger partial charge in [-0.15, -0.1) is 12.8 Å². The molecule has 0 aromatic heterocycles. The summed E-state index contributed by atoms with van der Waals surface area (Å²) in [7, 11) is 0. The average molecular weight is 343 g/mol. The topological polar surface area (TPSA) is 53.5 Å². The summed E-state index contributed by atoms with van der Waals surface area (Å²) in [5.41, 5.74) is 5.31. The Labute approximate surface area is 154 Å². The fourth-order valence-electron chi connectivity index (χ4n) is 2.04. The Kier molecular flexibility index (Phi) is 5.83. The van der Waals surface area contributed by atoms with Gasteiger partial charge < -0.3 is 5.32 Å². The fourth-order valence-corrected chi connectivity index (χ4v) is 2.04. The highest BCUT2D eigenvalue weighted by molar-refractivity contribution is 6.44. The van der Waals surface area contributed by atoms with Crippen molar-refractivity contribution in [3.05, 3.63) is 59.7 Å². The van der Waals surface area contributed by atoms with Crippen LogP contribution in [0.25, 0.3) is 0 Å². The van der Waals surface area contributed by atoms with Gasteiger partial charge in [0.2, 0.25) is 5.78 Å². The van der Waals surface area contributed by atoms with Crippen LogP contribution in [0.1, 0.15) is 31.9 Å². The maximum absolute atomic E-state index is 12.7. The summed E-state index contributed by atoms with van der Waals surface area (Å²) in [6, 6.07) is 14.4. The first-order valence-corrected chi connectivity index (χ1v) is 8.12. The molecular weight excluding hydrogens is 322 g/mol. The summed E-state index contributed by atoms with van der Waals surface area (Å²) in [6.07, 6.45) is 10.7. The molecule has 0 aliphatic carbocycles. The van der Waals surface area contributed by atoms with Gasteiger partial charge >= 0.3 is 0 Å². The molecule has 0 unspecified atom stereocenters. The third kappa shape index (κ3) is 5.00. The zero-order valence-corrected chi connectivity index (χ0v) is 15.1. The van der Waals surface area contributed by atoms with Crippen LogP contribution in [0.4, 0.5) is 11.4 Å². The molecule has 0 amide bonds. The fraction of sp³-hybridized carbons (Fsp3) is 0.182. The van der Waals surface area contributed by atoms with Gasteiger partial charge in [0, 0.05) is 22.2 Å². The smallest absolute Gasteiger partial charge is 0.205 e. The molecule has 0 radical (unpaired) electrons. The van der Waals surface area contributed by atoms with Gasteiger partial charge in [-0.3, -0.25) is 10.2 Å². The van der Waals surface area contributed by atoms with E-state index in [0.29, 0.717) is 0 Å². The van der Waals surface area contributed by atoms with Crippen LogP contribution in [0.2, 0.25) is 0 Å². The first kappa shape index (κ1) is 18.8. The van der Waals surface area contributed by atoms with Crippen molar-refractivity contribution in [1.82, 2.24) is 0 Å². The van der Waals surface area contributed by atoms with Gasteiger partial charge in [-0.25, -0.2) is 0 Å². The van der Waals surface area contributed by atoms with Crippen molar-refractivity contribution in [2.45, 2.75) is 20.8 Å². The second-order valence-corrected chi connectivity index (χ2v) is 6.72. The molecule has 0 heterocycles. The quantitative estimate of drug-likeness (QED) is 0.380. The van der Waals surface area contributed by atoms with Crippen molar-refractivity contribution in [3.63, 3.8) is 0 Å². The number of rotatable bonds is 4. The number of terminal acetylenes is 2. The molecule has 0 spiro atoms. The molecule has 0 fully saturated rings. The molecule has 0 saturated heterocycles. The number of hydrogen-bond donors (Lipinski definition) is 2. The van der Waals surface area contributed by atoms with Gasteiger partial charge in [0.1, 0.15) is 0 Å². The molecule has 0 aliphatic rings. The second kappa shape index (κ2) is 8.05. The third-order valence-electron chi connectivity index (χ3n) is 3.56. The van der Waals surface area contributed by atoms with Crippen LogP contribution in [0.15, 0.2) is 53.6 Å². The molecule has 4 nitrogen and oxygen atoms in total. The molecule has 4 heteroatoms. The van der Waals surface area contributed by atoms with E-state index in [1.165, 1.54) is 0 Å². The van der Waals surface area contributed by atoms with Gasteiger partial charge in [-0.1, -0.05) is 32.6 Å². The van der Waals surface area contributed by atoms with Gasteiger partial charge in [-0.2, -0.15) is 5.10 Å². The van der Waals surface area contributed by atoms with Gasteiger partial charge in [-0.05, 0) is 48.5 Å². The Hall–Kier alpha value is -3.50. The number of Topliss-reactive ketones (excluding diaryl/α,β-unsaturated/α-hetero) is 1. The normalized spacial score (nSPS) is 11.2. The zero-order chi connectivity index (χ0) is 19.2. The summed E-state index contributed by atoms with van der Waals surface area (Å²) < 4.78 is 0. The lowest BCUT2D eigenvalue weighted by Gasteiger charge is -2.19. The predicted octanol–water partition coefficient (Wildman–Crippen LogP) is 4.10. The van der Waals surface area contributed by atoms with Crippen molar-refractivity contribution in [1.29, 1.82) is 0 Å². The maximum atomic E-state index is 12.7. The number of nitrogens with zero attached hydrogens (tertiary/aromatic N) is 1. The molecule has 2 rings (SSSR count). The summed E-state index contributed by atoms with van der Waals surface area (Å²) in [5, 5.41) is 7.33. The maximum Gasteiger partial charge on any atom is 0.205 e. The third-order valence-corrected chi connectivity index (χ3v) is 3.56. The summed E-state index contributed by atoms with van der Waals surface area (Å²) in [5.74, 6) is 5.21. The van der Waals surface area contributed by atoms with E-state index >= 15 is 0 Å². The number of hydrazone groups is 1. The number of hydrogen-bond acceptors (Lipinski definition) is 3. The molecule has 2 aromatic rings. The van der Waals surface area contributed by atoms with Crippen LogP contribution in [0, 0.1) is 30.1 Å². The standard InChI is InChI=1S/C22H21N3O/c1-6-16-8-12-18(13-9-16)23-21(20(26)22(3,4)5)25-24-19-14-10-17(7-2)11-15-19/h1-2,8-15,24H,3-5H3,(H,23,25). The van der Waals surface area contributed by atoms with Gasteiger partial charge in [0.25, 0.3) is 0 Å². The number of carbonyl (C=O) groups is 1. The zero-order valence-electron chi connectivity index (χ0n) is 15.1. The highest BCUT2D eigenvalue weighted by Crippen LogP contribution is 2.18. The minimum absolute atomic E-state index is 0.119. The van der Waals surface area contributed by atoms with E-state index in [2.05, 4.69) is 27.7 Å². The van der Waals surface area contributed by atoms with E-state index in [-0.39, 0.29) is 11.6 Å². The predicted molar refractivity (Wildman–Crippen MR) is 108 cm³/mol. The number of anilines is 2. The first-order chi connectivity index (χ1) is 12.3. The largest absolute Gasteiger partial charge is 0.336 e. The van der Waals surface area contributed by atoms with Crippen LogP contribution in [-0.2, 0) is 4.79 Å². The van der Waals surface area contributed by atoms with Crippen LogP contribution in [0.3, 0.4) is 0 Å². The van der Waals surface area contributed by atoms with Crippen LogP contribution < -0.4 is 10.7 Å². The van der Waals surface area contributed by atoms with E-state index in [1.807, 2.05) is 32.9 Å².